The number of benzene rings is 2. The van der Waals surface area contributed by atoms with E-state index in [1.807, 2.05) is 74.7 Å². The number of aromatic nitrogens is 1. The lowest BCUT2D eigenvalue weighted by molar-refractivity contribution is 0.102. The summed E-state index contributed by atoms with van der Waals surface area (Å²) in [4.78, 5) is 30.9. The quantitative estimate of drug-likeness (QED) is 0.165. The summed E-state index contributed by atoms with van der Waals surface area (Å²) in [6.07, 6.45) is 6.90. The van der Waals surface area contributed by atoms with Crippen LogP contribution < -0.4 is 16.2 Å². The molecule has 8 nitrogen and oxygen atoms in total. The summed E-state index contributed by atoms with van der Waals surface area (Å²) in [5, 5.41) is 15.6. The molecule has 3 aromatic rings. The van der Waals surface area contributed by atoms with Gasteiger partial charge in [0.15, 0.2) is 0 Å². The number of anilines is 2. The van der Waals surface area contributed by atoms with Crippen LogP contribution in [-0.4, -0.2) is 64.7 Å². The first-order chi connectivity index (χ1) is 22.4. The Kier molecular flexibility index (Phi) is 13.4. The minimum absolute atomic E-state index is 0.0182. The van der Waals surface area contributed by atoms with Crippen molar-refractivity contribution in [2.75, 3.05) is 50.0 Å². The van der Waals surface area contributed by atoms with Gasteiger partial charge in [0.25, 0.3) is 11.5 Å². The summed E-state index contributed by atoms with van der Waals surface area (Å²) in [6.45, 7) is 23.2. The van der Waals surface area contributed by atoms with Gasteiger partial charge in [0.1, 0.15) is 5.69 Å². The normalized spacial score (nSPS) is 14.3. The predicted molar refractivity (Wildman–Crippen MR) is 197 cm³/mol. The molecular weight excluding hydrogens is 586 g/mol. The number of β-amino-alcohol motifs (C(OH)–C–C–N with tert-alkyl or cyclic N) is 1. The SMILES string of the molecule is C=C.CC/C(=C\C=C(/C)Nc1cc(-c2cccc(NC(=O)c3ccc(C(C)(C)C)cc3)c2C)cn(C)c1=O)N1CCN(CCO)CC1. The number of hydrogen-bond donors (Lipinski definition) is 3. The lowest BCUT2D eigenvalue weighted by Crippen LogP contribution is -2.46. The molecule has 8 heteroatoms. The smallest absolute Gasteiger partial charge is 0.273 e. The van der Waals surface area contributed by atoms with E-state index in [1.54, 1.807) is 11.6 Å². The zero-order valence-electron chi connectivity index (χ0n) is 29.3. The van der Waals surface area contributed by atoms with Crippen molar-refractivity contribution < 1.29 is 9.90 Å². The number of nitrogens with one attached hydrogen (secondary N) is 2. The molecule has 0 aliphatic carbocycles. The molecule has 1 aliphatic rings. The molecule has 4 rings (SSSR count). The lowest BCUT2D eigenvalue weighted by Gasteiger charge is -2.37. The van der Waals surface area contributed by atoms with E-state index in [9.17, 15) is 14.7 Å². The first-order valence-electron chi connectivity index (χ1n) is 16.4. The molecule has 2 aromatic carbocycles. The van der Waals surface area contributed by atoms with E-state index in [0.29, 0.717) is 11.3 Å². The molecule has 0 unspecified atom stereocenters. The summed E-state index contributed by atoms with van der Waals surface area (Å²) < 4.78 is 1.59. The van der Waals surface area contributed by atoms with Crippen LogP contribution in [0.25, 0.3) is 11.1 Å². The molecule has 1 aromatic heterocycles. The number of piperazine rings is 1. The number of aliphatic hydroxyl groups is 1. The monoisotopic (exact) mass is 639 g/mol. The highest BCUT2D eigenvalue weighted by atomic mass is 16.3. The number of hydrogen-bond acceptors (Lipinski definition) is 6. The standard InChI is InChI=1S/C37H49N5O3.C2H4/c1-8-31(42-20-18-41(19-21-42)22-23-43)17-12-26(2)38-34-24-29(25-40(7)36(34)45)32-10-9-11-33(27(32)3)39-35(44)28-13-15-30(16-14-28)37(4,5)6;1-2/h9-17,24-25,38,43H,8,18-23H2,1-7H3,(H,39,44);1-2H2/b26-12+,31-17+;. The third-order valence-electron chi connectivity index (χ3n) is 8.50. The summed E-state index contributed by atoms with van der Waals surface area (Å²) in [6, 6.07) is 15.5. The Morgan fingerprint density at radius 3 is 2.23 bits per heavy atom. The van der Waals surface area contributed by atoms with E-state index in [-0.39, 0.29) is 23.5 Å². The average molecular weight is 640 g/mol. The maximum Gasteiger partial charge on any atom is 0.273 e. The first kappa shape index (κ1) is 37.1. The fourth-order valence-corrected chi connectivity index (χ4v) is 5.67. The van der Waals surface area contributed by atoms with Gasteiger partial charge in [0, 0.05) is 74.2 Å². The van der Waals surface area contributed by atoms with Crippen molar-refractivity contribution in [1.29, 1.82) is 0 Å². The van der Waals surface area contributed by atoms with Crippen LogP contribution in [0.4, 0.5) is 11.4 Å². The second-order valence-corrected chi connectivity index (χ2v) is 12.9. The van der Waals surface area contributed by atoms with Gasteiger partial charge in [0.05, 0.1) is 6.61 Å². The number of aliphatic hydroxyl groups excluding tert-OH is 1. The van der Waals surface area contributed by atoms with Crippen molar-refractivity contribution in [1.82, 2.24) is 14.4 Å². The van der Waals surface area contributed by atoms with Crippen LogP contribution >= 0.6 is 0 Å². The fraction of sp³-hybridized carbons (Fsp3) is 0.385. The maximum absolute atomic E-state index is 13.1. The van der Waals surface area contributed by atoms with Crippen LogP contribution in [0, 0.1) is 6.92 Å². The molecule has 1 fully saturated rings. The maximum atomic E-state index is 13.1. The van der Waals surface area contributed by atoms with Gasteiger partial charge in [-0.3, -0.25) is 14.5 Å². The van der Waals surface area contributed by atoms with Crippen molar-refractivity contribution in [3.63, 3.8) is 0 Å². The second kappa shape index (κ2) is 17.0. The Labute approximate surface area is 281 Å². The Balaban J connectivity index is 0.00000294. The van der Waals surface area contributed by atoms with E-state index in [1.165, 1.54) is 11.3 Å². The summed E-state index contributed by atoms with van der Waals surface area (Å²) >= 11 is 0. The van der Waals surface area contributed by atoms with Gasteiger partial charge >= 0.3 is 0 Å². The van der Waals surface area contributed by atoms with E-state index < -0.39 is 0 Å². The van der Waals surface area contributed by atoms with E-state index in [2.05, 4.69) is 67.4 Å². The molecule has 0 bridgehead atoms. The zero-order valence-corrected chi connectivity index (χ0v) is 29.3. The van der Waals surface area contributed by atoms with Gasteiger partial charge in [-0.05, 0) is 78.8 Å². The largest absolute Gasteiger partial charge is 0.395 e. The fourth-order valence-electron chi connectivity index (χ4n) is 5.67. The molecule has 2 heterocycles. The number of pyridine rings is 1. The highest BCUT2D eigenvalue weighted by Crippen LogP contribution is 2.30. The summed E-state index contributed by atoms with van der Waals surface area (Å²) in [5.74, 6) is -0.161. The van der Waals surface area contributed by atoms with Gasteiger partial charge in [-0.1, -0.05) is 52.0 Å². The van der Waals surface area contributed by atoms with Crippen LogP contribution in [0.1, 0.15) is 62.5 Å². The van der Waals surface area contributed by atoms with E-state index >= 15 is 0 Å². The van der Waals surface area contributed by atoms with Crippen molar-refractivity contribution in [2.24, 2.45) is 7.05 Å². The second-order valence-electron chi connectivity index (χ2n) is 12.9. The van der Waals surface area contributed by atoms with Crippen molar-refractivity contribution in [2.45, 2.75) is 53.4 Å². The van der Waals surface area contributed by atoms with Gasteiger partial charge in [0.2, 0.25) is 0 Å². The molecule has 0 atom stereocenters. The molecule has 252 valence electrons. The van der Waals surface area contributed by atoms with Gasteiger partial charge in [-0.25, -0.2) is 0 Å². The van der Waals surface area contributed by atoms with Crippen molar-refractivity contribution in [3.8, 4) is 11.1 Å². The lowest BCUT2D eigenvalue weighted by atomic mass is 9.86. The van der Waals surface area contributed by atoms with Gasteiger partial charge in [-0.15, -0.1) is 13.2 Å². The topological polar surface area (TPSA) is 89.8 Å². The Morgan fingerprint density at radius 1 is 0.979 bits per heavy atom. The Morgan fingerprint density at radius 2 is 1.64 bits per heavy atom. The number of allylic oxidation sites excluding steroid dienone is 4. The van der Waals surface area contributed by atoms with Crippen LogP contribution in [0.5, 0.6) is 0 Å². The molecular formula is C39H53N5O3. The number of amides is 1. The first-order valence-corrected chi connectivity index (χ1v) is 16.4. The zero-order chi connectivity index (χ0) is 34.7. The van der Waals surface area contributed by atoms with Crippen LogP contribution in [0.2, 0.25) is 0 Å². The highest BCUT2D eigenvalue weighted by Gasteiger charge is 2.18. The molecule has 1 amide bonds. The molecule has 47 heavy (non-hydrogen) atoms. The number of aryl methyl sites for hydroxylation is 1. The number of carbonyl (C=O) groups excluding carboxylic acids is 1. The molecule has 3 N–H and O–H groups in total. The predicted octanol–water partition coefficient (Wildman–Crippen LogP) is 6.93. The van der Waals surface area contributed by atoms with Crippen LogP contribution in [0.15, 0.2) is 96.2 Å². The minimum Gasteiger partial charge on any atom is -0.395 e. The van der Waals surface area contributed by atoms with Gasteiger partial charge in [-0.2, -0.15) is 0 Å². The molecule has 1 saturated heterocycles. The highest BCUT2D eigenvalue weighted by molar-refractivity contribution is 6.05. The average Bonchev–Trinajstić information content (AvgIpc) is 3.06. The van der Waals surface area contributed by atoms with Gasteiger partial charge < -0.3 is 25.2 Å². The van der Waals surface area contributed by atoms with Crippen molar-refractivity contribution >= 4 is 17.3 Å². The molecule has 0 radical (unpaired) electrons. The third-order valence-corrected chi connectivity index (χ3v) is 8.50. The minimum atomic E-state index is -0.161. The summed E-state index contributed by atoms with van der Waals surface area (Å²) in [7, 11) is 1.75. The van der Waals surface area contributed by atoms with E-state index in [0.717, 1.165) is 67.2 Å². The Hall–Kier alpha value is -4.40. The Bertz CT molecular complexity index is 1620. The molecule has 0 spiro atoms. The van der Waals surface area contributed by atoms with Crippen LogP contribution in [-0.2, 0) is 12.5 Å². The van der Waals surface area contributed by atoms with Crippen molar-refractivity contribution in [3.05, 3.63) is 118 Å². The number of nitrogens with zero attached hydrogens (tertiary/aromatic N) is 3. The van der Waals surface area contributed by atoms with Crippen LogP contribution in [0.3, 0.4) is 0 Å². The number of carbonyl (C=O) groups is 1. The number of rotatable bonds is 10. The molecule has 0 saturated carbocycles. The molecule has 1 aliphatic heterocycles. The van der Waals surface area contributed by atoms with E-state index in [4.69, 9.17) is 0 Å². The summed E-state index contributed by atoms with van der Waals surface area (Å²) in [5.41, 5.74) is 7.74. The third kappa shape index (κ3) is 9.80.